The van der Waals surface area contributed by atoms with Crippen molar-refractivity contribution in [2.24, 2.45) is 5.92 Å². The van der Waals surface area contributed by atoms with E-state index in [-0.39, 0.29) is 31.1 Å². The van der Waals surface area contributed by atoms with E-state index in [0.29, 0.717) is 0 Å². The molecule has 7 nitrogen and oxygen atoms in total. The minimum absolute atomic E-state index is 0.0213. The van der Waals surface area contributed by atoms with E-state index in [4.69, 9.17) is 13.6 Å². The predicted molar refractivity (Wildman–Crippen MR) is 103 cm³/mol. The molecule has 2 aromatic rings. The van der Waals surface area contributed by atoms with Crippen molar-refractivity contribution < 1.29 is 31.7 Å². The van der Waals surface area contributed by atoms with Gasteiger partial charge < -0.3 is 5.11 Å². The number of benzene rings is 2. The van der Waals surface area contributed by atoms with Crippen molar-refractivity contribution in [3.05, 3.63) is 65.7 Å². The number of hydrogen-bond acceptors (Lipinski definition) is 7. The number of hydrogen-bond donors (Lipinski definition) is 1. The monoisotopic (exact) mass is 426 g/mol. The van der Waals surface area contributed by atoms with Crippen molar-refractivity contribution in [1.82, 2.24) is 0 Å². The van der Waals surface area contributed by atoms with Gasteiger partial charge in [0.05, 0.1) is 24.7 Å². The van der Waals surface area contributed by atoms with Crippen molar-refractivity contribution in [2.75, 3.05) is 13.2 Å². The van der Waals surface area contributed by atoms with Gasteiger partial charge in [0.15, 0.2) is 5.44 Å². The van der Waals surface area contributed by atoms with Gasteiger partial charge in [-0.1, -0.05) is 48.0 Å². The molecular formula is C19H23O7PS. The van der Waals surface area contributed by atoms with Crippen LogP contribution in [0.2, 0.25) is 0 Å². The SMILES string of the molecule is Cc1ccc(S(=O)(=O)C(O)CC2COP(=O)(OCc3ccccc3)OC2)cc1. The maximum absolute atomic E-state index is 12.5. The lowest BCUT2D eigenvalue weighted by atomic mass is 10.1. The quantitative estimate of drug-likeness (QED) is 0.677. The number of aliphatic hydroxyl groups is 1. The third-order valence-corrected chi connectivity index (χ3v) is 7.63. The Labute approximate surface area is 164 Å². The average molecular weight is 426 g/mol. The molecule has 0 saturated carbocycles. The Morgan fingerprint density at radius 1 is 1.11 bits per heavy atom. The summed E-state index contributed by atoms with van der Waals surface area (Å²) in [6.07, 6.45) is -0.0884. The van der Waals surface area contributed by atoms with Crippen molar-refractivity contribution in [2.45, 2.75) is 30.3 Å². The van der Waals surface area contributed by atoms with Gasteiger partial charge in [-0.3, -0.25) is 13.6 Å². The topological polar surface area (TPSA) is 99.1 Å². The first-order valence-electron chi connectivity index (χ1n) is 8.85. The van der Waals surface area contributed by atoms with Crippen LogP contribution in [0.5, 0.6) is 0 Å². The number of rotatable bonds is 7. The Kier molecular flexibility index (Phi) is 6.70. The van der Waals surface area contributed by atoms with Crippen LogP contribution >= 0.6 is 7.82 Å². The third kappa shape index (κ3) is 5.29. The fraction of sp³-hybridized carbons (Fsp3) is 0.368. The minimum atomic E-state index is -3.89. The Morgan fingerprint density at radius 3 is 2.32 bits per heavy atom. The van der Waals surface area contributed by atoms with Gasteiger partial charge in [0.1, 0.15) is 0 Å². The van der Waals surface area contributed by atoms with Gasteiger partial charge in [0, 0.05) is 5.92 Å². The first-order valence-corrected chi connectivity index (χ1v) is 11.9. The van der Waals surface area contributed by atoms with Crippen LogP contribution in [0.3, 0.4) is 0 Å². The summed E-state index contributed by atoms with van der Waals surface area (Å²) >= 11 is 0. The molecule has 0 amide bonds. The van der Waals surface area contributed by atoms with E-state index in [1.807, 2.05) is 37.3 Å². The van der Waals surface area contributed by atoms with Gasteiger partial charge in [-0.25, -0.2) is 13.0 Å². The van der Waals surface area contributed by atoms with E-state index in [1.165, 1.54) is 12.1 Å². The molecule has 0 spiro atoms. The second-order valence-corrected chi connectivity index (χ2v) is 10.5. The normalized spacial score (nSPS) is 24.0. The van der Waals surface area contributed by atoms with E-state index >= 15 is 0 Å². The molecule has 1 atom stereocenters. The molecule has 1 aliphatic heterocycles. The van der Waals surface area contributed by atoms with Crippen LogP contribution in [0, 0.1) is 12.8 Å². The molecular weight excluding hydrogens is 403 g/mol. The van der Waals surface area contributed by atoms with Gasteiger partial charge in [-0.2, -0.15) is 0 Å². The molecule has 9 heteroatoms. The summed E-state index contributed by atoms with van der Waals surface area (Å²) in [7, 11) is -7.58. The summed E-state index contributed by atoms with van der Waals surface area (Å²) in [6, 6.07) is 15.5. The van der Waals surface area contributed by atoms with Crippen LogP contribution in [-0.2, 0) is 34.6 Å². The molecule has 1 fully saturated rings. The van der Waals surface area contributed by atoms with Crippen molar-refractivity contribution in [3.8, 4) is 0 Å². The Hall–Kier alpha value is -1.54. The fourth-order valence-electron chi connectivity index (χ4n) is 2.71. The Morgan fingerprint density at radius 2 is 1.71 bits per heavy atom. The van der Waals surface area contributed by atoms with Crippen LogP contribution in [0.25, 0.3) is 0 Å². The van der Waals surface area contributed by atoms with Crippen LogP contribution in [0.4, 0.5) is 0 Å². The van der Waals surface area contributed by atoms with Gasteiger partial charge in [-0.05, 0) is 31.0 Å². The first kappa shape index (κ1) is 21.2. The largest absolute Gasteiger partial charge is 0.475 e. The predicted octanol–water partition coefficient (Wildman–Crippen LogP) is 3.47. The number of aryl methyl sites for hydroxylation is 1. The number of phosphoric acid groups is 1. The lowest BCUT2D eigenvalue weighted by molar-refractivity contribution is 0.0247. The summed E-state index contributed by atoms with van der Waals surface area (Å²) < 4.78 is 53.2. The molecule has 3 rings (SSSR count). The zero-order valence-electron chi connectivity index (χ0n) is 15.4. The van der Waals surface area contributed by atoms with Crippen molar-refractivity contribution in [1.29, 1.82) is 0 Å². The van der Waals surface area contributed by atoms with Crippen molar-refractivity contribution >= 4 is 17.7 Å². The summed E-state index contributed by atoms with van der Waals surface area (Å²) in [4.78, 5) is 0.0557. The summed E-state index contributed by atoms with van der Waals surface area (Å²) in [6.45, 7) is 1.88. The molecule has 1 saturated heterocycles. The molecule has 0 radical (unpaired) electrons. The molecule has 152 valence electrons. The fourth-order valence-corrected chi connectivity index (χ4v) is 5.39. The van der Waals surface area contributed by atoms with Gasteiger partial charge in [-0.15, -0.1) is 0 Å². The molecule has 28 heavy (non-hydrogen) atoms. The zero-order chi connectivity index (χ0) is 20.2. The molecule has 0 aromatic heterocycles. The van der Waals surface area contributed by atoms with E-state index < -0.39 is 29.0 Å². The van der Waals surface area contributed by atoms with Gasteiger partial charge in [0.2, 0.25) is 9.84 Å². The maximum atomic E-state index is 12.5. The van der Waals surface area contributed by atoms with E-state index in [0.717, 1.165) is 11.1 Å². The standard InChI is InChI=1S/C19H23O7PS/c1-15-7-9-18(10-8-15)28(22,23)19(20)11-17-13-25-27(21,26-14-17)24-12-16-5-3-2-4-6-16/h2-10,17,19-20H,11-14H2,1H3. The summed E-state index contributed by atoms with van der Waals surface area (Å²) in [5, 5.41) is 10.2. The Balaban J connectivity index is 1.53. The number of phosphoric ester groups is 1. The zero-order valence-corrected chi connectivity index (χ0v) is 17.1. The minimum Gasteiger partial charge on any atom is -0.377 e. The maximum Gasteiger partial charge on any atom is 0.475 e. The highest BCUT2D eigenvalue weighted by atomic mass is 32.2. The van der Waals surface area contributed by atoms with E-state index in [2.05, 4.69) is 0 Å². The first-order chi connectivity index (χ1) is 13.3. The molecule has 1 unspecified atom stereocenters. The summed E-state index contributed by atoms with van der Waals surface area (Å²) in [5.74, 6) is -0.419. The second-order valence-electron chi connectivity index (χ2n) is 6.71. The van der Waals surface area contributed by atoms with E-state index in [9.17, 15) is 18.1 Å². The lowest BCUT2D eigenvalue weighted by Gasteiger charge is -2.29. The van der Waals surface area contributed by atoms with Crippen LogP contribution in [-0.4, -0.2) is 32.2 Å². The molecule has 2 aromatic carbocycles. The summed E-state index contributed by atoms with van der Waals surface area (Å²) in [5.41, 5.74) is 0.149. The van der Waals surface area contributed by atoms with Gasteiger partial charge in [0.25, 0.3) is 0 Å². The molecule has 0 bridgehead atoms. The van der Waals surface area contributed by atoms with Crippen molar-refractivity contribution in [3.63, 3.8) is 0 Å². The molecule has 0 aliphatic carbocycles. The van der Waals surface area contributed by atoms with Gasteiger partial charge >= 0.3 is 7.82 Å². The second kappa shape index (κ2) is 8.86. The Bertz CT molecular complexity index is 917. The smallest absolute Gasteiger partial charge is 0.377 e. The highest BCUT2D eigenvalue weighted by Gasteiger charge is 2.37. The van der Waals surface area contributed by atoms with Crippen LogP contribution in [0.15, 0.2) is 59.5 Å². The van der Waals surface area contributed by atoms with Crippen LogP contribution in [0.1, 0.15) is 17.5 Å². The number of sulfone groups is 1. The lowest BCUT2D eigenvalue weighted by Crippen LogP contribution is -2.30. The molecule has 1 aliphatic rings. The molecule has 1 heterocycles. The third-order valence-electron chi connectivity index (χ3n) is 4.41. The molecule has 1 N–H and O–H groups in total. The highest BCUT2D eigenvalue weighted by Crippen LogP contribution is 2.53. The number of aliphatic hydroxyl groups excluding tert-OH is 1. The van der Waals surface area contributed by atoms with Crippen LogP contribution < -0.4 is 0 Å². The average Bonchev–Trinajstić information content (AvgIpc) is 2.69. The highest BCUT2D eigenvalue weighted by molar-refractivity contribution is 7.91. The van der Waals surface area contributed by atoms with E-state index in [1.54, 1.807) is 12.1 Å².